The predicted molar refractivity (Wildman–Crippen MR) is 65.6 cm³/mol. The van der Waals surface area contributed by atoms with E-state index in [0.29, 0.717) is 6.10 Å². The average molecular weight is 230 g/mol. The van der Waals surface area contributed by atoms with Gasteiger partial charge in [-0.25, -0.2) is 0 Å². The van der Waals surface area contributed by atoms with Crippen molar-refractivity contribution >= 4 is 0 Å². The molecule has 0 unspecified atom stereocenters. The molecule has 0 aliphatic heterocycles. The molecule has 1 aliphatic rings. The molecule has 0 saturated heterocycles. The van der Waals surface area contributed by atoms with Crippen LogP contribution in [0.4, 0.5) is 0 Å². The van der Waals surface area contributed by atoms with E-state index in [9.17, 15) is 5.11 Å². The standard InChI is InChI=1S/C12H26N2O2/c1-14(2)9-8-13-12(10-15)6-4-11(16-3)5-7-12/h11,13,15H,4-10H2,1-3H3. The number of methoxy groups -OCH3 is 1. The van der Waals surface area contributed by atoms with Crippen LogP contribution in [0.3, 0.4) is 0 Å². The van der Waals surface area contributed by atoms with Crippen molar-refractivity contribution in [3.05, 3.63) is 0 Å². The first-order chi connectivity index (χ1) is 7.62. The van der Waals surface area contributed by atoms with Crippen LogP contribution in [0.1, 0.15) is 25.7 Å². The Morgan fingerprint density at radius 2 is 2.00 bits per heavy atom. The topological polar surface area (TPSA) is 44.7 Å². The molecular formula is C12H26N2O2. The number of hydrogen-bond donors (Lipinski definition) is 2. The number of rotatable bonds is 6. The second-order valence-corrected chi connectivity index (χ2v) is 5.10. The van der Waals surface area contributed by atoms with E-state index in [1.807, 2.05) is 0 Å². The van der Waals surface area contributed by atoms with Gasteiger partial charge in [0.25, 0.3) is 0 Å². The maximum Gasteiger partial charge on any atom is 0.0613 e. The predicted octanol–water partition coefficient (Wildman–Crippen LogP) is 0.458. The van der Waals surface area contributed by atoms with Gasteiger partial charge in [-0.3, -0.25) is 0 Å². The first kappa shape index (κ1) is 13.9. The highest BCUT2D eigenvalue weighted by atomic mass is 16.5. The maximum atomic E-state index is 9.55. The molecule has 96 valence electrons. The molecule has 0 heterocycles. The lowest BCUT2D eigenvalue weighted by atomic mass is 9.81. The van der Waals surface area contributed by atoms with Gasteiger partial charge in [0.1, 0.15) is 0 Å². The minimum absolute atomic E-state index is 0.0644. The van der Waals surface area contributed by atoms with Crippen LogP contribution in [0.5, 0.6) is 0 Å². The van der Waals surface area contributed by atoms with Crippen LogP contribution in [0.15, 0.2) is 0 Å². The van der Waals surface area contributed by atoms with Gasteiger partial charge in [0.05, 0.1) is 12.7 Å². The van der Waals surface area contributed by atoms with Gasteiger partial charge in [-0.15, -0.1) is 0 Å². The van der Waals surface area contributed by atoms with Gasteiger partial charge in [-0.1, -0.05) is 0 Å². The number of aliphatic hydroxyl groups excluding tert-OH is 1. The molecule has 2 N–H and O–H groups in total. The normalized spacial score (nSPS) is 30.9. The smallest absolute Gasteiger partial charge is 0.0613 e. The van der Waals surface area contributed by atoms with E-state index >= 15 is 0 Å². The van der Waals surface area contributed by atoms with Gasteiger partial charge in [0.2, 0.25) is 0 Å². The molecule has 16 heavy (non-hydrogen) atoms. The Morgan fingerprint density at radius 1 is 1.38 bits per heavy atom. The Labute approximate surface area is 99.0 Å². The molecule has 0 amide bonds. The molecule has 0 bridgehead atoms. The minimum atomic E-state index is -0.0644. The molecule has 1 fully saturated rings. The highest BCUT2D eigenvalue weighted by molar-refractivity contribution is 4.92. The fraction of sp³-hybridized carbons (Fsp3) is 1.00. The van der Waals surface area contributed by atoms with E-state index in [1.165, 1.54) is 0 Å². The SMILES string of the molecule is COC1CCC(CO)(NCCN(C)C)CC1. The third-order valence-corrected chi connectivity index (χ3v) is 3.58. The van der Waals surface area contributed by atoms with E-state index in [4.69, 9.17) is 4.74 Å². The first-order valence-electron chi connectivity index (χ1n) is 6.15. The van der Waals surface area contributed by atoms with Crippen molar-refractivity contribution in [1.29, 1.82) is 0 Å². The molecular weight excluding hydrogens is 204 g/mol. The van der Waals surface area contributed by atoms with E-state index in [2.05, 4.69) is 24.3 Å². The van der Waals surface area contributed by atoms with E-state index in [-0.39, 0.29) is 12.1 Å². The number of ether oxygens (including phenoxy) is 1. The van der Waals surface area contributed by atoms with Crippen LogP contribution in [0.25, 0.3) is 0 Å². The van der Waals surface area contributed by atoms with Gasteiger partial charge in [0, 0.05) is 25.7 Å². The highest BCUT2D eigenvalue weighted by Gasteiger charge is 2.34. The van der Waals surface area contributed by atoms with Crippen LogP contribution in [-0.4, -0.2) is 62.6 Å². The molecule has 0 aromatic carbocycles. The van der Waals surface area contributed by atoms with Gasteiger partial charge in [-0.05, 0) is 39.8 Å². The highest BCUT2D eigenvalue weighted by Crippen LogP contribution is 2.29. The number of hydrogen-bond acceptors (Lipinski definition) is 4. The summed E-state index contributed by atoms with van der Waals surface area (Å²) in [5.41, 5.74) is -0.0644. The molecule has 1 saturated carbocycles. The summed E-state index contributed by atoms with van der Waals surface area (Å²) in [4.78, 5) is 2.15. The second kappa shape index (κ2) is 6.55. The summed E-state index contributed by atoms with van der Waals surface area (Å²) in [7, 11) is 5.90. The fourth-order valence-electron chi connectivity index (χ4n) is 2.32. The van der Waals surface area contributed by atoms with Crippen molar-refractivity contribution < 1.29 is 9.84 Å². The quantitative estimate of drug-likeness (QED) is 0.696. The van der Waals surface area contributed by atoms with Crippen LogP contribution in [0.2, 0.25) is 0 Å². The number of aliphatic hydroxyl groups is 1. The summed E-state index contributed by atoms with van der Waals surface area (Å²) in [5.74, 6) is 0. The fourth-order valence-corrected chi connectivity index (χ4v) is 2.32. The molecule has 4 nitrogen and oxygen atoms in total. The molecule has 0 aromatic heterocycles. The Balaban J connectivity index is 2.34. The molecule has 0 atom stereocenters. The lowest BCUT2D eigenvalue weighted by molar-refractivity contribution is 0.0229. The van der Waals surface area contributed by atoms with Crippen molar-refractivity contribution in [3.63, 3.8) is 0 Å². The van der Waals surface area contributed by atoms with Crippen LogP contribution < -0.4 is 5.32 Å². The van der Waals surface area contributed by atoms with Crippen LogP contribution in [0, 0.1) is 0 Å². The van der Waals surface area contributed by atoms with E-state index < -0.39 is 0 Å². The summed E-state index contributed by atoms with van der Waals surface area (Å²) in [6, 6.07) is 0. The Morgan fingerprint density at radius 3 is 2.44 bits per heavy atom. The molecule has 4 heteroatoms. The van der Waals surface area contributed by atoms with Gasteiger partial charge < -0.3 is 20.1 Å². The minimum Gasteiger partial charge on any atom is -0.394 e. The van der Waals surface area contributed by atoms with Crippen molar-refractivity contribution in [3.8, 4) is 0 Å². The third kappa shape index (κ3) is 4.01. The number of nitrogens with zero attached hydrogens (tertiary/aromatic N) is 1. The Kier molecular flexibility index (Phi) is 5.69. The summed E-state index contributed by atoms with van der Waals surface area (Å²) >= 11 is 0. The van der Waals surface area contributed by atoms with Gasteiger partial charge in [-0.2, -0.15) is 0 Å². The average Bonchev–Trinajstić information content (AvgIpc) is 2.29. The van der Waals surface area contributed by atoms with Gasteiger partial charge >= 0.3 is 0 Å². The largest absolute Gasteiger partial charge is 0.394 e. The maximum absolute atomic E-state index is 9.55. The van der Waals surface area contributed by atoms with Crippen molar-refractivity contribution in [2.24, 2.45) is 0 Å². The zero-order valence-corrected chi connectivity index (χ0v) is 10.8. The van der Waals surface area contributed by atoms with Gasteiger partial charge in [0.15, 0.2) is 0 Å². The lowest BCUT2D eigenvalue weighted by Gasteiger charge is -2.39. The Hall–Kier alpha value is -0.160. The second-order valence-electron chi connectivity index (χ2n) is 5.10. The zero-order chi connectivity index (χ0) is 12.0. The monoisotopic (exact) mass is 230 g/mol. The summed E-state index contributed by atoms with van der Waals surface area (Å²) in [6.45, 7) is 2.18. The van der Waals surface area contributed by atoms with Crippen LogP contribution >= 0.6 is 0 Å². The van der Waals surface area contributed by atoms with Crippen molar-refractivity contribution in [2.45, 2.75) is 37.3 Å². The van der Waals surface area contributed by atoms with E-state index in [0.717, 1.165) is 38.8 Å². The van der Waals surface area contributed by atoms with Crippen LogP contribution in [-0.2, 0) is 4.74 Å². The number of nitrogens with one attached hydrogen (secondary N) is 1. The summed E-state index contributed by atoms with van der Waals surface area (Å²) in [5, 5.41) is 13.1. The molecule has 1 aliphatic carbocycles. The first-order valence-corrected chi connectivity index (χ1v) is 6.15. The Bertz CT molecular complexity index is 189. The molecule has 0 spiro atoms. The zero-order valence-electron chi connectivity index (χ0n) is 10.8. The molecule has 0 aromatic rings. The summed E-state index contributed by atoms with van der Waals surface area (Å²) < 4.78 is 5.35. The van der Waals surface area contributed by atoms with E-state index in [1.54, 1.807) is 7.11 Å². The third-order valence-electron chi connectivity index (χ3n) is 3.58. The summed E-state index contributed by atoms with van der Waals surface area (Å²) in [6.07, 6.45) is 4.50. The van der Waals surface area contributed by atoms with Crippen molar-refractivity contribution in [2.75, 3.05) is 40.9 Å². The van der Waals surface area contributed by atoms with Crippen molar-refractivity contribution in [1.82, 2.24) is 10.2 Å². The molecule has 0 radical (unpaired) electrons. The lowest BCUT2D eigenvalue weighted by Crippen LogP contribution is -2.53. The number of likely N-dealkylation sites (N-methyl/N-ethyl adjacent to an activating group) is 1. The molecule has 1 rings (SSSR count).